The summed E-state index contributed by atoms with van der Waals surface area (Å²) >= 11 is 0. The Morgan fingerprint density at radius 1 is 1.70 bits per heavy atom. The Morgan fingerprint density at radius 3 is 3.20 bits per heavy atom. The normalized spacial score (nSPS) is 23.2. The van der Waals surface area contributed by atoms with Gasteiger partial charge in [0.05, 0.1) is 11.4 Å². The molecule has 0 radical (unpaired) electrons. The number of rotatable bonds is 0. The molecule has 0 spiro atoms. The smallest absolute Gasteiger partial charge is 0.0626 e. The number of aromatic amines is 1. The molecule has 10 heavy (non-hydrogen) atoms. The molecule has 0 saturated carbocycles. The third-order valence-electron chi connectivity index (χ3n) is 2.18. The van der Waals surface area contributed by atoms with Crippen LogP contribution in [0.5, 0.6) is 0 Å². The molecule has 0 unspecified atom stereocenters. The van der Waals surface area contributed by atoms with E-state index in [9.17, 15) is 0 Å². The van der Waals surface area contributed by atoms with Gasteiger partial charge in [0.2, 0.25) is 0 Å². The first-order chi connectivity index (χ1) is 4.79. The Morgan fingerprint density at radius 2 is 2.50 bits per heavy atom. The first kappa shape index (κ1) is 5.92. The summed E-state index contributed by atoms with van der Waals surface area (Å²) in [5.74, 6) is 0. The molecule has 0 aliphatic heterocycles. The van der Waals surface area contributed by atoms with Gasteiger partial charge in [-0.2, -0.15) is 5.10 Å². The second-order valence-corrected chi connectivity index (χ2v) is 2.85. The van der Waals surface area contributed by atoms with Crippen LogP contribution in [0.3, 0.4) is 0 Å². The van der Waals surface area contributed by atoms with Gasteiger partial charge in [0.25, 0.3) is 0 Å². The molecule has 0 bridgehead atoms. The highest BCUT2D eigenvalue weighted by Crippen LogP contribution is 2.28. The lowest BCUT2D eigenvalue weighted by atomic mass is 10.2. The van der Waals surface area contributed by atoms with Gasteiger partial charge in [-0.15, -0.1) is 0 Å². The molecule has 1 aromatic rings. The number of H-pyrrole nitrogens is 1. The predicted octanol–water partition coefficient (Wildman–Crippen LogP) is 0.664. The van der Waals surface area contributed by atoms with Gasteiger partial charge in [-0.05, 0) is 25.3 Å². The fraction of sp³-hybridized carbons (Fsp3) is 0.571. The zero-order valence-corrected chi connectivity index (χ0v) is 6.02. The van der Waals surface area contributed by atoms with E-state index in [1.807, 2.05) is 6.92 Å². The minimum absolute atomic E-state index is 0.205. The van der Waals surface area contributed by atoms with Crippen LogP contribution in [-0.2, 0) is 6.42 Å². The lowest BCUT2D eigenvalue weighted by Crippen LogP contribution is -2.05. The Hall–Kier alpha value is -0.830. The number of hydrogen-bond donors (Lipinski definition) is 2. The summed E-state index contributed by atoms with van der Waals surface area (Å²) in [6, 6.07) is 0.205. The SMILES string of the molecule is Cc1n[nH]c2c1CC[C@@H]2N. The van der Waals surface area contributed by atoms with Crippen molar-refractivity contribution in [3.8, 4) is 0 Å². The van der Waals surface area contributed by atoms with Crippen molar-refractivity contribution in [3.63, 3.8) is 0 Å². The number of aryl methyl sites for hydroxylation is 1. The van der Waals surface area contributed by atoms with E-state index in [1.54, 1.807) is 0 Å². The molecular formula is C7H11N3. The van der Waals surface area contributed by atoms with Crippen molar-refractivity contribution in [2.45, 2.75) is 25.8 Å². The zero-order valence-electron chi connectivity index (χ0n) is 6.02. The second-order valence-electron chi connectivity index (χ2n) is 2.85. The van der Waals surface area contributed by atoms with Crippen molar-refractivity contribution < 1.29 is 0 Å². The molecule has 3 heteroatoms. The molecule has 1 atom stereocenters. The molecule has 0 saturated heterocycles. The Bertz CT molecular complexity index is 251. The van der Waals surface area contributed by atoms with Gasteiger partial charge in [-0.1, -0.05) is 0 Å². The lowest BCUT2D eigenvalue weighted by molar-refractivity contribution is 0.683. The monoisotopic (exact) mass is 137 g/mol. The Kier molecular flexibility index (Phi) is 1.08. The van der Waals surface area contributed by atoms with Gasteiger partial charge in [0.1, 0.15) is 0 Å². The second kappa shape index (κ2) is 1.83. The van der Waals surface area contributed by atoms with Gasteiger partial charge >= 0.3 is 0 Å². The van der Waals surface area contributed by atoms with E-state index in [0.717, 1.165) is 24.2 Å². The van der Waals surface area contributed by atoms with Crippen LogP contribution in [0.2, 0.25) is 0 Å². The Balaban J connectivity index is 2.53. The van der Waals surface area contributed by atoms with Crippen molar-refractivity contribution in [2.24, 2.45) is 5.73 Å². The molecular weight excluding hydrogens is 126 g/mol. The number of aromatic nitrogens is 2. The summed E-state index contributed by atoms with van der Waals surface area (Å²) in [7, 11) is 0. The quantitative estimate of drug-likeness (QED) is 0.552. The van der Waals surface area contributed by atoms with Crippen LogP contribution in [0, 0.1) is 6.92 Å². The van der Waals surface area contributed by atoms with E-state index < -0.39 is 0 Å². The van der Waals surface area contributed by atoms with Crippen LogP contribution in [-0.4, -0.2) is 10.2 Å². The molecule has 3 N–H and O–H groups in total. The van der Waals surface area contributed by atoms with E-state index in [4.69, 9.17) is 5.73 Å². The first-order valence-electron chi connectivity index (χ1n) is 3.58. The molecule has 1 aromatic heterocycles. The molecule has 3 nitrogen and oxygen atoms in total. The summed E-state index contributed by atoms with van der Waals surface area (Å²) < 4.78 is 0. The van der Waals surface area contributed by atoms with Crippen molar-refractivity contribution in [3.05, 3.63) is 17.0 Å². The average molecular weight is 137 g/mol. The van der Waals surface area contributed by atoms with Crippen LogP contribution >= 0.6 is 0 Å². The third kappa shape index (κ3) is 0.609. The first-order valence-corrected chi connectivity index (χ1v) is 3.58. The van der Waals surface area contributed by atoms with Gasteiger partial charge < -0.3 is 5.73 Å². The summed E-state index contributed by atoms with van der Waals surface area (Å²) in [5.41, 5.74) is 9.39. The van der Waals surface area contributed by atoms with Gasteiger partial charge in [-0.25, -0.2) is 0 Å². The Labute approximate surface area is 59.6 Å². The average Bonchev–Trinajstić information content (AvgIpc) is 2.41. The van der Waals surface area contributed by atoms with E-state index in [2.05, 4.69) is 10.2 Å². The van der Waals surface area contributed by atoms with Gasteiger partial charge in [0, 0.05) is 6.04 Å². The van der Waals surface area contributed by atoms with Crippen molar-refractivity contribution in [1.82, 2.24) is 10.2 Å². The van der Waals surface area contributed by atoms with E-state index in [-0.39, 0.29) is 6.04 Å². The molecule has 1 heterocycles. The van der Waals surface area contributed by atoms with Crippen LogP contribution in [0.4, 0.5) is 0 Å². The highest BCUT2D eigenvalue weighted by molar-refractivity contribution is 5.31. The standard InChI is InChI=1S/C7H11N3/c1-4-5-2-3-6(8)7(5)10-9-4/h6H,2-3,8H2,1H3,(H,9,10)/t6-/m0/s1. The van der Waals surface area contributed by atoms with Crippen LogP contribution in [0.1, 0.15) is 29.4 Å². The number of nitrogens with one attached hydrogen (secondary N) is 1. The minimum atomic E-state index is 0.205. The summed E-state index contributed by atoms with van der Waals surface area (Å²) in [5, 5.41) is 7.04. The van der Waals surface area contributed by atoms with Gasteiger partial charge in [0.15, 0.2) is 0 Å². The largest absolute Gasteiger partial charge is 0.323 e. The highest BCUT2D eigenvalue weighted by Gasteiger charge is 2.22. The molecule has 54 valence electrons. The number of fused-ring (bicyclic) bond motifs is 1. The van der Waals surface area contributed by atoms with E-state index >= 15 is 0 Å². The predicted molar refractivity (Wildman–Crippen MR) is 38.6 cm³/mol. The maximum Gasteiger partial charge on any atom is 0.0626 e. The van der Waals surface area contributed by atoms with E-state index in [0.29, 0.717) is 0 Å². The number of hydrogen-bond acceptors (Lipinski definition) is 2. The zero-order chi connectivity index (χ0) is 7.14. The molecule has 0 fully saturated rings. The number of nitrogens with zero attached hydrogens (tertiary/aromatic N) is 1. The number of nitrogens with two attached hydrogens (primary N) is 1. The molecule has 0 aromatic carbocycles. The van der Waals surface area contributed by atoms with Crippen LogP contribution in [0.15, 0.2) is 0 Å². The molecule has 2 rings (SSSR count). The van der Waals surface area contributed by atoms with E-state index in [1.165, 1.54) is 5.56 Å². The summed E-state index contributed by atoms with van der Waals surface area (Å²) in [4.78, 5) is 0. The van der Waals surface area contributed by atoms with Crippen molar-refractivity contribution in [2.75, 3.05) is 0 Å². The highest BCUT2D eigenvalue weighted by atomic mass is 15.1. The van der Waals surface area contributed by atoms with Crippen LogP contribution in [0.25, 0.3) is 0 Å². The van der Waals surface area contributed by atoms with Crippen LogP contribution < -0.4 is 5.73 Å². The molecule has 0 amide bonds. The van der Waals surface area contributed by atoms with Crippen molar-refractivity contribution >= 4 is 0 Å². The summed E-state index contributed by atoms with van der Waals surface area (Å²) in [6.45, 7) is 2.02. The van der Waals surface area contributed by atoms with Crippen molar-refractivity contribution in [1.29, 1.82) is 0 Å². The minimum Gasteiger partial charge on any atom is -0.323 e. The molecule has 1 aliphatic rings. The third-order valence-corrected chi connectivity index (χ3v) is 2.18. The topological polar surface area (TPSA) is 54.7 Å². The lowest BCUT2D eigenvalue weighted by Gasteiger charge is -1.96. The maximum absolute atomic E-state index is 5.79. The fourth-order valence-electron chi connectivity index (χ4n) is 1.54. The fourth-order valence-corrected chi connectivity index (χ4v) is 1.54. The van der Waals surface area contributed by atoms with Gasteiger partial charge in [-0.3, -0.25) is 5.10 Å². The summed E-state index contributed by atoms with van der Waals surface area (Å²) in [6.07, 6.45) is 2.17. The molecule has 1 aliphatic carbocycles. The maximum atomic E-state index is 5.79.